The van der Waals surface area contributed by atoms with Gasteiger partial charge in [0.25, 0.3) is 0 Å². The van der Waals surface area contributed by atoms with Crippen molar-refractivity contribution in [3.63, 3.8) is 0 Å². The Balaban J connectivity index is 2.48. The Hall–Kier alpha value is -2.14. The maximum Gasteiger partial charge on any atom is 0.354 e. The monoisotopic (exact) mass is 471 g/mol. The number of hydrogen-bond donors (Lipinski definition) is 0. The third kappa shape index (κ3) is 6.67. The molecule has 0 bridgehead atoms. The van der Waals surface area contributed by atoms with Crippen molar-refractivity contribution in [2.75, 3.05) is 27.1 Å². The molecule has 0 fully saturated rings. The topological polar surface area (TPSA) is 102 Å². The van der Waals surface area contributed by atoms with E-state index in [4.69, 9.17) is 25.8 Å². The molecule has 1 aromatic carbocycles. The number of carbonyl (C=O) groups is 1. The normalized spacial score (nSPS) is 12.2. The van der Waals surface area contributed by atoms with E-state index < -0.39 is 29.6 Å². The number of esters is 1. The molecule has 0 saturated carbocycles. The molecule has 31 heavy (non-hydrogen) atoms. The van der Waals surface area contributed by atoms with Gasteiger partial charge in [0.05, 0.1) is 19.6 Å². The van der Waals surface area contributed by atoms with Crippen LogP contribution >= 0.6 is 23.4 Å². The summed E-state index contributed by atoms with van der Waals surface area (Å²) < 4.78 is 17.5. The third-order valence-electron chi connectivity index (χ3n) is 4.58. The van der Waals surface area contributed by atoms with Gasteiger partial charge in [-0.1, -0.05) is 42.4 Å². The van der Waals surface area contributed by atoms with E-state index in [1.807, 2.05) is 6.92 Å². The Kier molecular flexibility index (Phi) is 9.76. The van der Waals surface area contributed by atoms with E-state index in [0.29, 0.717) is 15.9 Å². The fourth-order valence-corrected chi connectivity index (χ4v) is 3.79. The Morgan fingerprint density at radius 3 is 2.32 bits per heavy atom. The average molecular weight is 472 g/mol. The zero-order chi connectivity index (χ0) is 23.0. The first-order chi connectivity index (χ1) is 14.8. The summed E-state index contributed by atoms with van der Waals surface area (Å²) in [5, 5.41) is 0.888. The van der Waals surface area contributed by atoms with Gasteiger partial charge < -0.3 is 14.2 Å². The van der Waals surface area contributed by atoms with E-state index in [-0.39, 0.29) is 19.5 Å². The summed E-state index contributed by atoms with van der Waals surface area (Å²) in [6.07, 6.45) is -0.590. The zero-order valence-corrected chi connectivity index (χ0v) is 19.4. The summed E-state index contributed by atoms with van der Waals surface area (Å²) in [5.41, 5.74) is -0.473. The van der Waals surface area contributed by atoms with Gasteiger partial charge in [0.15, 0.2) is 11.4 Å². The highest BCUT2D eigenvalue weighted by atomic mass is 35.5. The second-order valence-electron chi connectivity index (χ2n) is 6.57. The first kappa shape index (κ1) is 25.1. The number of halogens is 1. The van der Waals surface area contributed by atoms with Crippen LogP contribution in [0.5, 0.6) is 0 Å². The molecule has 170 valence electrons. The van der Waals surface area contributed by atoms with Crippen LogP contribution in [-0.2, 0) is 32.1 Å². The molecule has 0 N–H and O–H groups in total. The van der Waals surface area contributed by atoms with Crippen LogP contribution in [0.1, 0.15) is 18.9 Å². The molecule has 0 aliphatic rings. The third-order valence-corrected chi connectivity index (χ3v) is 5.69. The van der Waals surface area contributed by atoms with Crippen LogP contribution in [0.4, 0.5) is 0 Å². The first-order valence-electron chi connectivity index (χ1n) is 9.56. The van der Waals surface area contributed by atoms with Crippen molar-refractivity contribution in [1.29, 1.82) is 0 Å². The van der Waals surface area contributed by atoms with Gasteiger partial charge in [-0.25, -0.2) is 14.2 Å². The lowest BCUT2D eigenvalue weighted by Crippen LogP contribution is -2.45. The van der Waals surface area contributed by atoms with Crippen molar-refractivity contribution in [1.82, 2.24) is 14.1 Å². The smallest absolute Gasteiger partial charge is 0.354 e. The summed E-state index contributed by atoms with van der Waals surface area (Å²) in [5.74, 6) is -0.789. The Labute approximate surface area is 189 Å². The van der Waals surface area contributed by atoms with Gasteiger partial charge in [-0.15, -0.1) is 0 Å². The molecule has 11 heteroatoms. The van der Waals surface area contributed by atoms with Gasteiger partial charge in [0, 0.05) is 32.2 Å². The lowest BCUT2D eigenvalue weighted by Gasteiger charge is -2.21. The molecule has 0 aliphatic heterocycles. The Morgan fingerprint density at radius 2 is 1.77 bits per heavy atom. The van der Waals surface area contributed by atoms with Crippen LogP contribution in [-0.4, -0.2) is 53.5 Å². The number of thioether (sulfide) groups is 1. The van der Waals surface area contributed by atoms with Gasteiger partial charge in [0.1, 0.15) is 0 Å². The van der Waals surface area contributed by atoms with Crippen molar-refractivity contribution in [3.05, 3.63) is 55.8 Å². The Bertz CT molecular complexity index is 988. The minimum absolute atomic E-state index is 0.105. The number of methoxy groups -OCH3 is 3. The molecule has 0 radical (unpaired) electrons. The summed E-state index contributed by atoms with van der Waals surface area (Å²) in [4.78, 5) is 42.3. The SMILES string of the molecule is CCSc1nc(=O)n(C[C@H](CC(OC)OC)C(=O)OC)c(=O)n1Cc1ccc(Cl)cc1. The van der Waals surface area contributed by atoms with Crippen LogP contribution in [0.15, 0.2) is 39.0 Å². The largest absolute Gasteiger partial charge is 0.469 e. The molecule has 0 saturated heterocycles. The lowest BCUT2D eigenvalue weighted by molar-refractivity contribution is -0.154. The average Bonchev–Trinajstić information content (AvgIpc) is 2.77. The maximum atomic E-state index is 13.3. The highest BCUT2D eigenvalue weighted by Crippen LogP contribution is 2.16. The number of carbonyl (C=O) groups excluding carboxylic acids is 1. The van der Waals surface area contributed by atoms with Gasteiger partial charge in [0.2, 0.25) is 0 Å². The fraction of sp³-hybridized carbons (Fsp3) is 0.500. The second-order valence-corrected chi connectivity index (χ2v) is 8.24. The molecule has 2 aromatic rings. The van der Waals surface area contributed by atoms with Crippen LogP contribution in [0.2, 0.25) is 5.02 Å². The molecule has 2 rings (SSSR count). The minimum atomic E-state index is -0.837. The molecule has 0 spiro atoms. The van der Waals surface area contributed by atoms with Crippen molar-refractivity contribution in [2.24, 2.45) is 5.92 Å². The van der Waals surface area contributed by atoms with E-state index in [1.165, 1.54) is 37.7 Å². The van der Waals surface area contributed by atoms with E-state index in [2.05, 4.69) is 4.98 Å². The van der Waals surface area contributed by atoms with E-state index in [9.17, 15) is 14.4 Å². The molecular weight excluding hydrogens is 446 g/mol. The lowest BCUT2D eigenvalue weighted by atomic mass is 10.1. The van der Waals surface area contributed by atoms with E-state index in [0.717, 1.165) is 10.1 Å². The first-order valence-corrected chi connectivity index (χ1v) is 10.9. The van der Waals surface area contributed by atoms with E-state index >= 15 is 0 Å². The molecule has 9 nitrogen and oxygen atoms in total. The number of rotatable bonds is 11. The predicted molar refractivity (Wildman–Crippen MR) is 118 cm³/mol. The predicted octanol–water partition coefficient (Wildman–Crippen LogP) is 2.02. The summed E-state index contributed by atoms with van der Waals surface area (Å²) in [6, 6.07) is 7.04. The fourth-order valence-electron chi connectivity index (χ4n) is 2.97. The number of benzene rings is 1. The number of aromatic nitrogens is 3. The van der Waals surface area contributed by atoms with Crippen molar-refractivity contribution < 1.29 is 19.0 Å². The molecule has 1 aromatic heterocycles. The van der Waals surface area contributed by atoms with Crippen LogP contribution in [0, 0.1) is 5.92 Å². The summed E-state index contributed by atoms with van der Waals surface area (Å²) in [6.45, 7) is 1.89. The number of hydrogen-bond acceptors (Lipinski definition) is 8. The quantitative estimate of drug-likeness (QED) is 0.278. The standard InChI is InChI=1S/C20H26ClN3O6S/c1-5-31-19-22-18(26)23(12-14(17(25)30-4)10-16(28-2)29-3)20(27)24(19)11-13-6-8-15(21)9-7-13/h6-9,14,16H,5,10-12H2,1-4H3/t14-/m0/s1. The zero-order valence-electron chi connectivity index (χ0n) is 17.9. The molecular formula is C20H26ClN3O6S. The highest BCUT2D eigenvalue weighted by Gasteiger charge is 2.27. The number of ether oxygens (including phenoxy) is 3. The minimum Gasteiger partial charge on any atom is -0.469 e. The second kappa shape index (κ2) is 12.0. The van der Waals surface area contributed by atoms with E-state index in [1.54, 1.807) is 24.3 Å². The molecule has 1 heterocycles. The van der Waals surface area contributed by atoms with Gasteiger partial charge in [-0.05, 0) is 23.4 Å². The van der Waals surface area contributed by atoms with Gasteiger partial charge in [-0.2, -0.15) is 4.98 Å². The Morgan fingerprint density at radius 1 is 1.13 bits per heavy atom. The van der Waals surface area contributed by atoms with Gasteiger partial charge >= 0.3 is 17.3 Å². The highest BCUT2D eigenvalue weighted by molar-refractivity contribution is 7.99. The van der Waals surface area contributed by atoms with Crippen LogP contribution in [0.25, 0.3) is 0 Å². The summed E-state index contributed by atoms with van der Waals surface area (Å²) in [7, 11) is 4.11. The molecule has 0 unspecified atom stereocenters. The van der Waals surface area contributed by atoms with Crippen LogP contribution in [0.3, 0.4) is 0 Å². The molecule has 0 amide bonds. The van der Waals surface area contributed by atoms with Crippen LogP contribution < -0.4 is 11.4 Å². The van der Waals surface area contributed by atoms with Crippen molar-refractivity contribution in [3.8, 4) is 0 Å². The maximum absolute atomic E-state index is 13.3. The van der Waals surface area contributed by atoms with Crippen molar-refractivity contribution in [2.45, 2.75) is 37.9 Å². The summed E-state index contributed by atoms with van der Waals surface area (Å²) >= 11 is 7.23. The van der Waals surface area contributed by atoms with Crippen molar-refractivity contribution >= 4 is 29.3 Å². The number of nitrogens with zero attached hydrogens (tertiary/aromatic N) is 3. The molecule has 0 aliphatic carbocycles. The van der Waals surface area contributed by atoms with Gasteiger partial charge in [-0.3, -0.25) is 9.36 Å². The molecule has 1 atom stereocenters.